The molecule has 0 radical (unpaired) electrons. The first kappa shape index (κ1) is 19.3. The topological polar surface area (TPSA) is 96.3 Å². The molecular formula is C19H18ClN4O2S+. The van der Waals surface area contributed by atoms with Crippen molar-refractivity contribution in [3.8, 4) is 6.07 Å². The minimum Gasteiger partial charge on any atom is -0.243 e. The molecule has 2 aromatic carbocycles. The van der Waals surface area contributed by atoms with Crippen LogP contribution in [0.5, 0.6) is 0 Å². The Morgan fingerprint density at radius 1 is 1.11 bits per heavy atom. The third-order valence-electron chi connectivity index (χ3n) is 4.33. The summed E-state index contributed by atoms with van der Waals surface area (Å²) in [5, 5.41) is 14.9. The maximum Gasteiger partial charge on any atom is 0.218 e. The summed E-state index contributed by atoms with van der Waals surface area (Å²) in [6.07, 6.45) is 3.28. The minimum atomic E-state index is -3.72. The van der Waals surface area contributed by atoms with Crippen LogP contribution >= 0.6 is 11.6 Å². The van der Waals surface area contributed by atoms with Gasteiger partial charge in [-0.2, -0.15) is 5.26 Å². The molecule has 0 bridgehead atoms. The van der Waals surface area contributed by atoms with Crippen molar-refractivity contribution in [3.63, 3.8) is 0 Å². The van der Waals surface area contributed by atoms with Crippen LogP contribution < -0.4 is 5.14 Å². The fourth-order valence-electron chi connectivity index (χ4n) is 3.12. The van der Waals surface area contributed by atoms with Gasteiger partial charge in [-0.05, 0) is 24.3 Å². The standard InChI is InChI=1S/C19H18ClN4O2S/c20-18-3-1-2-17(8-18)12-24(11-16-6-4-15(9-21)5-7-16)14-23-10-19(24)13-27(22,25)26/h1-8,10,14H,11-13H2,(H2,22,25,26)/q+1. The van der Waals surface area contributed by atoms with Crippen molar-refractivity contribution in [3.05, 3.63) is 82.1 Å². The summed E-state index contributed by atoms with van der Waals surface area (Å²) in [5.41, 5.74) is 3.05. The van der Waals surface area contributed by atoms with Gasteiger partial charge in [-0.3, -0.25) is 0 Å². The summed E-state index contributed by atoms with van der Waals surface area (Å²) in [6, 6.07) is 16.7. The number of hydrogen-bond acceptors (Lipinski definition) is 4. The summed E-state index contributed by atoms with van der Waals surface area (Å²) in [5.74, 6) is -0.288. The van der Waals surface area contributed by atoms with E-state index in [0.29, 0.717) is 29.4 Å². The summed E-state index contributed by atoms with van der Waals surface area (Å²) in [6.45, 7) is 0.953. The van der Waals surface area contributed by atoms with E-state index in [-0.39, 0.29) is 10.2 Å². The van der Waals surface area contributed by atoms with Gasteiger partial charge in [0, 0.05) is 16.1 Å². The first-order valence-corrected chi connectivity index (χ1v) is 10.2. The summed E-state index contributed by atoms with van der Waals surface area (Å²) in [4.78, 5) is 4.23. The van der Waals surface area contributed by atoms with E-state index < -0.39 is 10.0 Å². The van der Waals surface area contributed by atoms with Crippen molar-refractivity contribution < 1.29 is 12.9 Å². The van der Waals surface area contributed by atoms with Gasteiger partial charge in [0.15, 0.2) is 12.0 Å². The molecule has 27 heavy (non-hydrogen) atoms. The van der Waals surface area contributed by atoms with Gasteiger partial charge in [-0.25, -0.2) is 23.0 Å². The van der Waals surface area contributed by atoms with Crippen LogP contribution in [0.4, 0.5) is 0 Å². The highest BCUT2D eigenvalue weighted by Gasteiger charge is 2.37. The van der Waals surface area contributed by atoms with Gasteiger partial charge in [0.05, 0.1) is 17.8 Å². The highest BCUT2D eigenvalue weighted by atomic mass is 35.5. The van der Waals surface area contributed by atoms with E-state index in [2.05, 4.69) is 11.1 Å². The van der Waals surface area contributed by atoms with Crippen molar-refractivity contribution >= 4 is 28.0 Å². The second-order valence-corrected chi connectivity index (χ2v) is 8.53. The number of aliphatic imine (C=N–C) groups is 1. The molecule has 1 unspecified atom stereocenters. The smallest absolute Gasteiger partial charge is 0.218 e. The lowest BCUT2D eigenvalue weighted by atomic mass is 10.1. The van der Waals surface area contributed by atoms with Gasteiger partial charge in [0.1, 0.15) is 18.8 Å². The Morgan fingerprint density at radius 2 is 1.81 bits per heavy atom. The number of nitrogens with two attached hydrogens (primary N) is 1. The largest absolute Gasteiger partial charge is 0.243 e. The molecule has 1 aliphatic heterocycles. The molecule has 1 heterocycles. The summed E-state index contributed by atoms with van der Waals surface area (Å²) >= 11 is 6.11. The molecule has 0 spiro atoms. The summed E-state index contributed by atoms with van der Waals surface area (Å²) < 4.78 is 23.7. The average Bonchev–Trinajstić information content (AvgIpc) is 2.95. The molecule has 0 aliphatic carbocycles. The molecule has 0 saturated heterocycles. The lowest BCUT2D eigenvalue weighted by molar-refractivity contribution is -0.821. The molecule has 3 rings (SSSR count). The lowest BCUT2D eigenvalue weighted by Gasteiger charge is -2.32. The molecule has 0 saturated carbocycles. The zero-order chi connectivity index (χ0) is 19.5. The molecule has 2 aromatic rings. The van der Waals surface area contributed by atoms with E-state index in [1.807, 2.05) is 30.3 Å². The molecule has 8 heteroatoms. The zero-order valence-electron chi connectivity index (χ0n) is 14.4. The predicted molar refractivity (Wildman–Crippen MR) is 105 cm³/mol. The molecule has 0 amide bonds. The quantitative estimate of drug-likeness (QED) is 0.753. The number of primary sulfonamides is 1. The first-order valence-electron chi connectivity index (χ1n) is 8.14. The lowest BCUT2D eigenvalue weighted by Crippen LogP contribution is -2.45. The van der Waals surface area contributed by atoms with Gasteiger partial charge in [-0.15, -0.1) is 0 Å². The maximum atomic E-state index is 11.7. The Hall–Kier alpha value is -2.50. The predicted octanol–water partition coefficient (Wildman–Crippen LogP) is 2.90. The van der Waals surface area contributed by atoms with E-state index in [1.54, 1.807) is 30.7 Å². The normalized spacial score (nSPS) is 18.9. The van der Waals surface area contributed by atoms with E-state index in [0.717, 1.165) is 11.1 Å². The Labute approximate surface area is 163 Å². The van der Waals surface area contributed by atoms with Crippen LogP contribution in [0.1, 0.15) is 16.7 Å². The molecule has 0 aromatic heterocycles. The van der Waals surface area contributed by atoms with E-state index in [9.17, 15) is 8.42 Å². The first-order chi connectivity index (χ1) is 12.8. The van der Waals surface area contributed by atoms with Crippen molar-refractivity contribution in [2.45, 2.75) is 13.1 Å². The fraction of sp³-hybridized carbons (Fsp3) is 0.158. The molecule has 6 nitrogen and oxygen atoms in total. The number of hydrogen-bond donors (Lipinski definition) is 1. The SMILES string of the molecule is N#Cc1ccc(C[N+]2(Cc3cccc(Cl)c3)C=NC=C2CS(N)(=O)=O)cc1. The van der Waals surface area contributed by atoms with Crippen molar-refractivity contribution in [1.29, 1.82) is 5.26 Å². The van der Waals surface area contributed by atoms with E-state index >= 15 is 0 Å². The monoisotopic (exact) mass is 401 g/mol. The van der Waals surface area contributed by atoms with Crippen molar-refractivity contribution in [2.75, 3.05) is 5.75 Å². The van der Waals surface area contributed by atoms with Gasteiger partial charge in [-0.1, -0.05) is 35.9 Å². The number of nitriles is 1. The molecule has 1 atom stereocenters. The van der Waals surface area contributed by atoms with E-state index in [4.69, 9.17) is 22.0 Å². The Kier molecular flexibility index (Phi) is 5.44. The number of sulfonamides is 1. The van der Waals surface area contributed by atoms with Gasteiger partial charge in [0.2, 0.25) is 10.0 Å². The maximum absolute atomic E-state index is 11.7. The number of halogens is 1. The van der Waals surface area contributed by atoms with Crippen molar-refractivity contribution in [2.24, 2.45) is 10.1 Å². The van der Waals surface area contributed by atoms with Crippen LogP contribution in [0.25, 0.3) is 0 Å². The van der Waals surface area contributed by atoms with Crippen LogP contribution in [0.2, 0.25) is 5.02 Å². The highest BCUT2D eigenvalue weighted by Crippen LogP contribution is 2.29. The fourth-order valence-corrected chi connectivity index (χ4v) is 4.08. The van der Waals surface area contributed by atoms with Crippen LogP contribution in [0.3, 0.4) is 0 Å². The zero-order valence-corrected chi connectivity index (χ0v) is 16.0. The Bertz CT molecular complexity index is 1060. The van der Waals surface area contributed by atoms with Crippen LogP contribution in [0, 0.1) is 11.3 Å². The third kappa shape index (κ3) is 4.81. The second-order valence-electron chi connectivity index (χ2n) is 6.48. The van der Waals surface area contributed by atoms with E-state index in [1.165, 1.54) is 0 Å². The molecular weight excluding hydrogens is 384 g/mol. The molecule has 0 fully saturated rings. The average molecular weight is 402 g/mol. The molecule has 138 valence electrons. The van der Waals surface area contributed by atoms with Crippen LogP contribution in [0.15, 0.2) is 65.4 Å². The Morgan fingerprint density at radius 3 is 2.44 bits per heavy atom. The second kappa shape index (κ2) is 7.62. The number of benzene rings is 2. The summed E-state index contributed by atoms with van der Waals surface area (Å²) in [7, 11) is -3.72. The molecule has 2 N–H and O–H groups in total. The highest BCUT2D eigenvalue weighted by molar-refractivity contribution is 7.89. The third-order valence-corrected chi connectivity index (χ3v) is 5.27. The van der Waals surface area contributed by atoms with Crippen molar-refractivity contribution in [1.82, 2.24) is 0 Å². The Balaban J connectivity index is 1.99. The minimum absolute atomic E-state index is 0.197. The number of nitrogens with zero attached hydrogens (tertiary/aromatic N) is 3. The van der Waals surface area contributed by atoms with Crippen LogP contribution in [-0.4, -0.2) is 25.0 Å². The number of quaternary nitrogens is 1. The van der Waals surface area contributed by atoms with Gasteiger partial charge >= 0.3 is 0 Å². The van der Waals surface area contributed by atoms with Gasteiger partial charge in [0.25, 0.3) is 0 Å². The van der Waals surface area contributed by atoms with Gasteiger partial charge < -0.3 is 0 Å². The van der Waals surface area contributed by atoms with Crippen LogP contribution in [-0.2, 0) is 23.1 Å². The number of rotatable bonds is 6. The molecule has 1 aliphatic rings.